The normalized spacial score (nSPS) is 10.8. The van der Waals surface area contributed by atoms with Crippen LogP contribution in [-0.2, 0) is 4.74 Å². The fraction of sp³-hybridized carbons (Fsp3) is 0.267. The molecule has 0 aliphatic rings. The molecular formula is C15H17N7O2. The lowest BCUT2D eigenvalue weighted by Crippen LogP contribution is -2.13. The number of carbonyl (C=O) groups is 1. The first-order valence-electron chi connectivity index (χ1n) is 7.32. The summed E-state index contributed by atoms with van der Waals surface area (Å²) in [4.78, 5) is 26.7. The minimum Gasteiger partial charge on any atom is -0.461 e. The molecule has 0 saturated carbocycles. The molecule has 3 rings (SSSR count). The highest BCUT2D eigenvalue weighted by Gasteiger charge is 2.17. The van der Waals surface area contributed by atoms with E-state index in [1.807, 2.05) is 14.1 Å². The molecule has 3 aromatic heterocycles. The summed E-state index contributed by atoms with van der Waals surface area (Å²) in [6.07, 6.45) is 3.37. The van der Waals surface area contributed by atoms with E-state index in [9.17, 15) is 4.79 Å². The molecule has 9 nitrogen and oxygen atoms in total. The highest BCUT2D eigenvalue weighted by Crippen LogP contribution is 2.23. The number of ether oxygens (including phenoxy) is 1. The zero-order chi connectivity index (χ0) is 17.3. The fourth-order valence-corrected chi connectivity index (χ4v) is 2.22. The van der Waals surface area contributed by atoms with Crippen LogP contribution < -0.4 is 10.6 Å². The van der Waals surface area contributed by atoms with Crippen LogP contribution in [0.2, 0.25) is 0 Å². The molecule has 3 heterocycles. The number of fused-ring (bicyclic) bond motifs is 1. The van der Waals surface area contributed by atoms with E-state index < -0.39 is 5.97 Å². The van der Waals surface area contributed by atoms with E-state index >= 15 is 0 Å². The summed E-state index contributed by atoms with van der Waals surface area (Å²) < 4.78 is 6.45. The van der Waals surface area contributed by atoms with Gasteiger partial charge in [-0.25, -0.2) is 19.3 Å². The highest BCUT2D eigenvalue weighted by atomic mass is 16.5. The smallest absolute Gasteiger partial charge is 0.357 e. The molecule has 0 radical (unpaired) electrons. The van der Waals surface area contributed by atoms with Crippen molar-refractivity contribution in [3.63, 3.8) is 0 Å². The Morgan fingerprint density at radius 3 is 2.58 bits per heavy atom. The van der Waals surface area contributed by atoms with Crippen LogP contribution in [0.25, 0.3) is 16.8 Å². The minimum atomic E-state index is -0.500. The van der Waals surface area contributed by atoms with Crippen LogP contribution in [-0.4, -0.2) is 51.2 Å². The Kier molecular flexibility index (Phi) is 3.98. The summed E-state index contributed by atoms with van der Waals surface area (Å²) in [6, 6.07) is 3.42. The van der Waals surface area contributed by atoms with Gasteiger partial charge < -0.3 is 15.4 Å². The Morgan fingerprint density at radius 2 is 1.96 bits per heavy atom. The van der Waals surface area contributed by atoms with Crippen molar-refractivity contribution in [1.29, 1.82) is 0 Å². The molecule has 0 unspecified atom stereocenters. The van der Waals surface area contributed by atoms with Gasteiger partial charge in [0.15, 0.2) is 11.3 Å². The van der Waals surface area contributed by atoms with E-state index in [1.54, 1.807) is 36.4 Å². The lowest BCUT2D eigenvalue weighted by atomic mass is 10.1. The van der Waals surface area contributed by atoms with Crippen LogP contribution in [0.4, 0.5) is 11.9 Å². The number of aromatic nitrogens is 5. The number of nitrogens with zero attached hydrogens (tertiary/aromatic N) is 6. The number of pyridine rings is 1. The van der Waals surface area contributed by atoms with E-state index in [4.69, 9.17) is 10.5 Å². The van der Waals surface area contributed by atoms with Gasteiger partial charge in [0.1, 0.15) is 0 Å². The summed E-state index contributed by atoms with van der Waals surface area (Å²) in [6.45, 7) is 2.00. The van der Waals surface area contributed by atoms with E-state index in [2.05, 4.69) is 20.1 Å². The average molecular weight is 327 g/mol. The number of rotatable bonds is 4. The van der Waals surface area contributed by atoms with Gasteiger partial charge in [-0.3, -0.25) is 0 Å². The van der Waals surface area contributed by atoms with E-state index in [1.165, 1.54) is 4.52 Å². The second-order valence-corrected chi connectivity index (χ2v) is 5.26. The third kappa shape index (κ3) is 2.83. The predicted molar refractivity (Wildman–Crippen MR) is 88.7 cm³/mol. The average Bonchev–Trinajstić information content (AvgIpc) is 2.94. The Hall–Kier alpha value is -3.23. The molecule has 0 atom stereocenters. The second kappa shape index (κ2) is 6.11. The molecule has 24 heavy (non-hydrogen) atoms. The van der Waals surface area contributed by atoms with Crippen molar-refractivity contribution in [3.05, 3.63) is 30.2 Å². The Balaban J connectivity index is 2.12. The van der Waals surface area contributed by atoms with E-state index in [-0.39, 0.29) is 18.2 Å². The summed E-state index contributed by atoms with van der Waals surface area (Å²) >= 11 is 0. The van der Waals surface area contributed by atoms with Crippen molar-refractivity contribution in [3.8, 4) is 11.1 Å². The topological polar surface area (TPSA) is 112 Å². The SMILES string of the molecule is CCOC(=O)c1cc(-c2cnc(N(C)C)nc2)cc2nc(N)nn12. The molecule has 0 aliphatic carbocycles. The quantitative estimate of drug-likeness (QED) is 0.707. The number of nitrogen functional groups attached to an aromatic ring is 1. The third-order valence-corrected chi connectivity index (χ3v) is 3.31. The van der Waals surface area contributed by atoms with Crippen molar-refractivity contribution in [2.24, 2.45) is 0 Å². The summed E-state index contributed by atoms with van der Waals surface area (Å²) in [5.41, 5.74) is 7.81. The van der Waals surface area contributed by atoms with Crippen molar-refractivity contribution < 1.29 is 9.53 Å². The van der Waals surface area contributed by atoms with Gasteiger partial charge in [-0.1, -0.05) is 0 Å². The zero-order valence-electron chi connectivity index (χ0n) is 13.6. The number of hydrogen-bond donors (Lipinski definition) is 1. The van der Waals surface area contributed by atoms with Gasteiger partial charge in [-0.2, -0.15) is 4.98 Å². The van der Waals surface area contributed by atoms with Gasteiger partial charge in [0, 0.05) is 32.1 Å². The maximum absolute atomic E-state index is 12.2. The van der Waals surface area contributed by atoms with Crippen molar-refractivity contribution in [2.75, 3.05) is 31.3 Å². The molecule has 9 heteroatoms. The first-order valence-corrected chi connectivity index (χ1v) is 7.32. The molecule has 3 aromatic rings. The summed E-state index contributed by atoms with van der Waals surface area (Å²) in [5.74, 6) is 0.175. The van der Waals surface area contributed by atoms with Crippen molar-refractivity contribution >= 4 is 23.5 Å². The van der Waals surface area contributed by atoms with Gasteiger partial charge in [0.05, 0.1) is 6.61 Å². The molecule has 0 amide bonds. The van der Waals surface area contributed by atoms with Crippen LogP contribution in [0.3, 0.4) is 0 Å². The molecule has 0 saturated heterocycles. The van der Waals surface area contributed by atoms with Crippen LogP contribution in [0.1, 0.15) is 17.4 Å². The van der Waals surface area contributed by atoms with Gasteiger partial charge in [-0.15, -0.1) is 5.10 Å². The maximum Gasteiger partial charge on any atom is 0.357 e. The third-order valence-electron chi connectivity index (χ3n) is 3.31. The second-order valence-electron chi connectivity index (χ2n) is 5.26. The van der Waals surface area contributed by atoms with Crippen molar-refractivity contribution in [2.45, 2.75) is 6.92 Å². The van der Waals surface area contributed by atoms with Crippen LogP contribution in [0, 0.1) is 0 Å². The fourth-order valence-electron chi connectivity index (χ4n) is 2.22. The molecule has 0 aromatic carbocycles. The lowest BCUT2D eigenvalue weighted by Gasteiger charge is -2.10. The molecular weight excluding hydrogens is 310 g/mol. The minimum absolute atomic E-state index is 0.0805. The summed E-state index contributed by atoms with van der Waals surface area (Å²) in [7, 11) is 3.72. The molecule has 0 fully saturated rings. The Labute approximate surface area is 138 Å². The zero-order valence-corrected chi connectivity index (χ0v) is 13.6. The number of esters is 1. The molecule has 0 aliphatic heterocycles. The monoisotopic (exact) mass is 327 g/mol. The maximum atomic E-state index is 12.2. The number of anilines is 2. The number of carbonyl (C=O) groups excluding carboxylic acids is 1. The molecule has 0 spiro atoms. The molecule has 124 valence electrons. The van der Waals surface area contributed by atoms with E-state index in [0.29, 0.717) is 11.6 Å². The van der Waals surface area contributed by atoms with Gasteiger partial charge in [0.25, 0.3) is 0 Å². The van der Waals surface area contributed by atoms with Crippen LogP contribution >= 0.6 is 0 Å². The van der Waals surface area contributed by atoms with Crippen LogP contribution in [0.15, 0.2) is 24.5 Å². The molecule has 0 bridgehead atoms. The van der Waals surface area contributed by atoms with Gasteiger partial charge in [-0.05, 0) is 24.6 Å². The van der Waals surface area contributed by atoms with Gasteiger partial charge >= 0.3 is 5.97 Å². The highest BCUT2D eigenvalue weighted by molar-refractivity contribution is 5.90. The Bertz CT molecular complexity index is 887. The first kappa shape index (κ1) is 15.7. The Morgan fingerprint density at radius 1 is 1.25 bits per heavy atom. The number of nitrogens with two attached hydrogens (primary N) is 1. The number of hydrogen-bond acceptors (Lipinski definition) is 8. The first-order chi connectivity index (χ1) is 11.5. The van der Waals surface area contributed by atoms with Gasteiger partial charge in [0.2, 0.25) is 11.9 Å². The lowest BCUT2D eigenvalue weighted by molar-refractivity contribution is 0.0516. The summed E-state index contributed by atoms with van der Waals surface area (Å²) in [5, 5.41) is 4.03. The largest absolute Gasteiger partial charge is 0.461 e. The predicted octanol–water partition coefficient (Wildman–Crippen LogP) is 1.01. The van der Waals surface area contributed by atoms with E-state index in [0.717, 1.165) is 11.1 Å². The standard InChI is InChI=1S/C15H17N7O2/c1-4-24-13(23)11-5-9(6-12-19-14(16)20-22(11)12)10-7-17-15(18-8-10)21(2)3/h5-8H,4H2,1-3H3,(H2,16,20). The molecule has 2 N–H and O–H groups in total. The van der Waals surface area contributed by atoms with Crippen molar-refractivity contribution in [1.82, 2.24) is 24.6 Å². The van der Waals surface area contributed by atoms with Crippen LogP contribution in [0.5, 0.6) is 0 Å².